The van der Waals surface area contributed by atoms with E-state index in [0.29, 0.717) is 33.8 Å². The monoisotopic (exact) mass is 595 g/mol. The molecule has 196 valence electrons. The van der Waals surface area contributed by atoms with Gasteiger partial charge in [0.15, 0.2) is 0 Å². The zero-order chi connectivity index (χ0) is 27.6. The first-order valence-electron chi connectivity index (χ1n) is 11.1. The molecule has 0 aliphatic rings. The molecule has 0 aliphatic carbocycles. The van der Waals surface area contributed by atoms with Crippen molar-refractivity contribution in [2.24, 2.45) is 10.2 Å². The summed E-state index contributed by atoms with van der Waals surface area (Å²) in [6.07, 6.45) is 0. The zero-order valence-electron chi connectivity index (χ0n) is 21.0. The third-order valence-corrected chi connectivity index (χ3v) is 6.96. The Morgan fingerprint density at radius 2 is 1.79 bits per heavy atom. The van der Waals surface area contributed by atoms with E-state index in [4.69, 9.17) is 27.9 Å². The van der Waals surface area contributed by atoms with Crippen molar-refractivity contribution in [1.29, 1.82) is 0 Å². The largest absolute Gasteiger partial charge is 1.00 e. The minimum atomic E-state index is -4.55. The van der Waals surface area contributed by atoms with E-state index in [2.05, 4.69) is 15.5 Å². The molecule has 0 bridgehead atoms. The number of benzene rings is 4. The summed E-state index contributed by atoms with van der Waals surface area (Å²) in [5, 5.41) is 25.4. The van der Waals surface area contributed by atoms with Crippen molar-refractivity contribution in [3.8, 4) is 11.5 Å². The molecule has 0 atom stereocenters. The SMILES string of the molecule is CCOc1cc(Cl)cc(NC(=O)c2cc3ccccc3c(N=Nc3cc(S(=O)(=O)O)c(C)cc3Cl)c2[O-])c1.[Na+]. The summed E-state index contributed by atoms with van der Waals surface area (Å²) in [7, 11) is -4.55. The number of carbonyl (C=O) groups excluding carboxylic acids is 1. The van der Waals surface area contributed by atoms with Crippen LogP contribution in [0.5, 0.6) is 11.5 Å². The molecular formula is C26H20Cl2N3NaO6S. The summed E-state index contributed by atoms with van der Waals surface area (Å²) >= 11 is 12.3. The Balaban J connectivity index is 0.00000420. The average Bonchev–Trinajstić information content (AvgIpc) is 2.83. The van der Waals surface area contributed by atoms with Crippen molar-refractivity contribution < 1.29 is 57.2 Å². The minimum absolute atomic E-state index is 0. The van der Waals surface area contributed by atoms with E-state index < -0.39 is 26.7 Å². The standard InChI is InChI=1S/C26H21Cl2N3O6S.Na/c1-3-37-18-11-16(27)10-17(12-18)29-26(33)20-9-15-6-4-5-7-19(15)24(25(20)32)31-30-22-13-23(38(34,35)36)14(2)8-21(22)28;/h4-13,32H,3H2,1-2H3,(H,29,33)(H,34,35,36);/q;+1/p-1. The Labute approximate surface area is 256 Å². The van der Waals surface area contributed by atoms with E-state index in [1.54, 1.807) is 43.3 Å². The number of rotatable bonds is 7. The number of hydrogen-bond donors (Lipinski definition) is 2. The van der Waals surface area contributed by atoms with E-state index in [9.17, 15) is 22.9 Å². The van der Waals surface area contributed by atoms with Crippen LogP contribution in [0.2, 0.25) is 10.0 Å². The van der Waals surface area contributed by atoms with Gasteiger partial charge in [-0.2, -0.15) is 13.5 Å². The van der Waals surface area contributed by atoms with Crippen molar-refractivity contribution in [2.45, 2.75) is 18.7 Å². The maximum atomic E-state index is 13.4. The third-order valence-electron chi connectivity index (χ3n) is 5.44. The summed E-state index contributed by atoms with van der Waals surface area (Å²) in [5.74, 6) is -0.968. The number of hydrogen-bond acceptors (Lipinski definition) is 7. The second kappa shape index (κ2) is 12.6. The predicted octanol–water partition coefficient (Wildman–Crippen LogP) is 3.85. The molecular weight excluding hydrogens is 576 g/mol. The summed E-state index contributed by atoms with van der Waals surface area (Å²) < 4.78 is 38.3. The molecule has 2 N–H and O–H groups in total. The average molecular weight is 596 g/mol. The molecule has 0 radical (unpaired) electrons. The van der Waals surface area contributed by atoms with Gasteiger partial charge in [-0.3, -0.25) is 9.35 Å². The van der Waals surface area contributed by atoms with Gasteiger partial charge in [0, 0.05) is 27.7 Å². The molecule has 0 aliphatic heterocycles. The van der Waals surface area contributed by atoms with Crippen LogP contribution in [0, 0.1) is 6.92 Å². The van der Waals surface area contributed by atoms with Gasteiger partial charge in [-0.1, -0.05) is 53.2 Å². The Hall–Kier alpha value is -2.70. The fourth-order valence-corrected chi connectivity index (χ4v) is 4.97. The number of amides is 1. The van der Waals surface area contributed by atoms with E-state index in [1.165, 1.54) is 25.1 Å². The van der Waals surface area contributed by atoms with E-state index in [1.807, 2.05) is 0 Å². The first-order chi connectivity index (χ1) is 18.0. The predicted molar refractivity (Wildman–Crippen MR) is 144 cm³/mol. The molecule has 0 saturated carbocycles. The van der Waals surface area contributed by atoms with Crippen LogP contribution in [0.25, 0.3) is 10.8 Å². The summed E-state index contributed by atoms with van der Waals surface area (Å²) in [6, 6.07) is 15.2. The van der Waals surface area contributed by atoms with Crippen molar-refractivity contribution in [3.05, 3.63) is 81.8 Å². The van der Waals surface area contributed by atoms with Crippen molar-refractivity contribution >= 4 is 67.1 Å². The van der Waals surface area contributed by atoms with Crippen LogP contribution in [0.15, 0.2) is 75.8 Å². The topological polar surface area (TPSA) is 140 Å². The second-order valence-electron chi connectivity index (χ2n) is 8.13. The number of ether oxygens (including phenoxy) is 1. The maximum Gasteiger partial charge on any atom is 1.00 e. The van der Waals surface area contributed by atoms with Gasteiger partial charge in [0.1, 0.15) is 11.4 Å². The van der Waals surface area contributed by atoms with Gasteiger partial charge in [-0.25, -0.2) is 0 Å². The molecule has 0 saturated heterocycles. The number of nitrogens with zero attached hydrogens (tertiary/aromatic N) is 2. The molecule has 0 unspecified atom stereocenters. The van der Waals surface area contributed by atoms with Gasteiger partial charge in [-0.05, 0) is 55.1 Å². The van der Waals surface area contributed by atoms with Gasteiger partial charge in [0.25, 0.3) is 16.0 Å². The van der Waals surface area contributed by atoms with Gasteiger partial charge in [0.2, 0.25) is 0 Å². The smallest absolute Gasteiger partial charge is 0.870 e. The Morgan fingerprint density at radius 1 is 1.08 bits per heavy atom. The number of azo groups is 1. The van der Waals surface area contributed by atoms with Crippen LogP contribution in [-0.4, -0.2) is 25.5 Å². The quantitative estimate of drug-likeness (QED) is 0.189. The van der Waals surface area contributed by atoms with Gasteiger partial charge < -0.3 is 15.2 Å². The number of fused-ring (bicyclic) bond motifs is 1. The number of aryl methyl sites for hydroxylation is 1. The van der Waals surface area contributed by atoms with Crippen LogP contribution >= 0.6 is 23.2 Å². The maximum absolute atomic E-state index is 13.4. The molecule has 4 aromatic rings. The molecule has 0 spiro atoms. The van der Waals surface area contributed by atoms with Gasteiger partial charge >= 0.3 is 29.6 Å². The fourth-order valence-electron chi connectivity index (χ4n) is 3.76. The summed E-state index contributed by atoms with van der Waals surface area (Å²) in [6.45, 7) is 3.66. The molecule has 9 nitrogen and oxygen atoms in total. The van der Waals surface area contributed by atoms with Gasteiger partial charge in [0.05, 0.1) is 22.2 Å². The fraction of sp³-hybridized carbons (Fsp3) is 0.115. The minimum Gasteiger partial charge on any atom is -0.870 e. The molecule has 1 amide bonds. The molecule has 0 fully saturated rings. The molecule has 13 heteroatoms. The molecule has 4 aromatic carbocycles. The third kappa shape index (κ3) is 7.09. The first kappa shape index (κ1) is 30.8. The van der Waals surface area contributed by atoms with E-state index >= 15 is 0 Å². The Morgan fingerprint density at radius 3 is 2.49 bits per heavy atom. The summed E-state index contributed by atoms with van der Waals surface area (Å²) in [5.41, 5.74) is 0.0821. The van der Waals surface area contributed by atoms with Crippen LogP contribution in [0.4, 0.5) is 17.1 Å². The van der Waals surface area contributed by atoms with Crippen molar-refractivity contribution in [3.63, 3.8) is 0 Å². The Kier molecular flexibility index (Phi) is 10.0. The van der Waals surface area contributed by atoms with E-state index in [0.717, 1.165) is 6.07 Å². The molecule has 4 rings (SSSR count). The normalized spacial score (nSPS) is 11.4. The molecule has 0 aromatic heterocycles. The molecule has 39 heavy (non-hydrogen) atoms. The number of halogens is 2. The van der Waals surface area contributed by atoms with Crippen molar-refractivity contribution in [2.75, 3.05) is 11.9 Å². The van der Waals surface area contributed by atoms with Crippen LogP contribution < -0.4 is 44.7 Å². The number of anilines is 1. The number of nitrogens with one attached hydrogen (secondary N) is 1. The van der Waals surface area contributed by atoms with Crippen LogP contribution in [0.3, 0.4) is 0 Å². The second-order valence-corrected chi connectivity index (χ2v) is 10.4. The number of carbonyl (C=O) groups is 1. The van der Waals surface area contributed by atoms with E-state index in [-0.39, 0.29) is 57.1 Å². The summed E-state index contributed by atoms with van der Waals surface area (Å²) in [4.78, 5) is 12.8. The van der Waals surface area contributed by atoms with Gasteiger partial charge in [-0.15, -0.1) is 5.11 Å². The van der Waals surface area contributed by atoms with Crippen molar-refractivity contribution in [1.82, 2.24) is 0 Å². The Bertz CT molecular complexity index is 1710. The molecule has 0 heterocycles. The van der Waals surface area contributed by atoms with Crippen LogP contribution in [-0.2, 0) is 10.1 Å². The van der Waals surface area contributed by atoms with Crippen LogP contribution in [0.1, 0.15) is 22.8 Å². The first-order valence-corrected chi connectivity index (χ1v) is 13.3. The zero-order valence-corrected chi connectivity index (χ0v) is 25.4.